The second-order valence-corrected chi connectivity index (χ2v) is 8.91. The van der Waals surface area contributed by atoms with Crippen LogP contribution in [0.2, 0.25) is 0 Å². The van der Waals surface area contributed by atoms with Gasteiger partial charge in [0, 0.05) is 55.4 Å². The van der Waals surface area contributed by atoms with E-state index in [0.717, 1.165) is 42.0 Å². The number of hydrogen-bond acceptors (Lipinski definition) is 5. The Hall–Kier alpha value is -3.96. The predicted octanol–water partition coefficient (Wildman–Crippen LogP) is 2.71. The molecule has 0 saturated carbocycles. The van der Waals surface area contributed by atoms with Crippen molar-refractivity contribution in [1.82, 2.24) is 14.4 Å². The van der Waals surface area contributed by atoms with Crippen LogP contribution in [0.4, 0.5) is 0 Å². The molecule has 2 aliphatic rings. The normalized spacial score (nSPS) is 16.2. The largest absolute Gasteiger partial charge is 0.497 e. The Kier molecular flexibility index (Phi) is 7.81. The highest BCUT2D eigenvalue weighted by Gasteiger charge is 2.32. The molecule has 0 radical (unpaired) electrons. The Morgan fingerprint density at radius 3 is 2.47 bits per heavy atom. The number of rotatable bonds is 8. The molecule has 1 aromatic heterocycles. The van der Waals surface area contributed by atoms with Gasteiger partial charge in [-0.15, -0.1) is 0 Å². The molecule has 188 valence electrons. The van der Waals surface area contributed by atoms with Gasteiger partial charge >= 0.3 is 0 Å². The molecule has 0 atom stereocenters. The first-order chi connectivity index (χ1) is 17.4. The van der Waals surface area contributed by atoms with Gasteiger partial charge in [0.2, 0.25) is 5.91 Å². The van der Waals surface area contributed by atoms with Crippen LogP contribution in [0.25, 0.3) is 0 Å². The van der Waals surface area contributed by atoms with Crippen molar-refractivity contribution in [3.63, 3.8) is 0 Å². The molecule has 0 bridgehead atoms. The van der Waals surface area contributed by atoms with E-state index < -0.39 is 0 Å². The maximum Gasteiger partial charge on any atom is 0.246 e. The number of ether oxygens (including phenoxy) is 2. The van der Waals surface area contributed by atoms with Crippen LogP contribution in [0.3, 0.4) is 0 Å². The Bertz CT molecular complexity index is 1230. The molecule has 2 aliphatic heterocycles. The fourth-order valence-electron chi connectivity index (χ4n) is 4.39. The van der Waals surface area contributed by atoms with Crippen LogP contribution in [0, 0.1) is 18.8 Å². The van der Waals surface area contributed by atoms with Crippen LogP contribution in [-0.2, 0) is 4.79 Å². The highest BCUT2D eigenvalue weighted by molar-refractivity contribution is 6.01. The average Bonchev–Trinajstić information content (AvgIpc) is 3.13. The third-order valence-corrected chi connectivity index (χ3v) is 6.61. The highest BCUT2D eigenvalue weighted by Crippen LogP contribution is 2.28. The van der Waals surface area contributed by atoms with Gasteiger partial charge in [0.05, 0.1) is 31.4 Å². The summed E-state index contributed by atoms with van der Waals surface area (Å²) in [4.78, 5) is 20.9. The number of methoxy groups -OCH3 is 2. The standard InChI is InChI=1S/C28H33N5O3/c1-5-30-28(29)27-20(2)33(23-18-32(19-23)26(34)8-6-11-31-12-7-13-31)17-22(27)10-9-21-14-24(35-3)16-25(15-21)36-4/h5-6,8,14-17,23H,1,7,11-13,18-19H2,2-4H3,(H2,29,30)/b8-6+. The van der Waals surface area contributed by atoms with Crippen LogP contribution in [0.5, 0.6) is 11.5 Å². The van der Waals surface area contributed by atoms with E-state index in [1.165, 1.54) is 12.6 Å². The van der Waals surface area contributed by atoms with E-state index in [-0.39, 0.29) is 11.9 Å². The maximum absolute atomic E-state index is 12.5. The maximum atomic E-state index is 12.5. The van der Waals surface area contributed by atoms with Gasteiger partial charge in [0.25, 0.3) is 0 Å². The number of nitrogens with zero attached hydrogens (tertiary/aromatic N) is 4. The van der Waals surface area contributed by atoms with Gasteiger partial charge in [0.15, 0.2) is 0 Å². The summed E-state index contributed by atoms with van der Waals surface area (Å²) in [5.41, 5.74) is 9.54. The van der Waals surface area contributed by atoms with Crippen molar-refractivity contribution in [2.75, 3.05) is 46.9 Å². The minimum Gasteiger partial charge on any atom is -0.497 e. The van der Waals surface area contributed by atoms with E-state index in [9.17, 15) is 4.79 Å². The molecule has 2 N–H and O–H groups in total. The summed E-state index contributed by atoms with van der Waals surface area (Å²) >= 11 is 0. The van der Waals surface area contributed by atoms with Crippen molar-refractivity contribution in [1.29, 1.82) is 0 Å². The zero-order valence-electron chi connectivity index (χ0n) is 21.2. The Morgan fingerprint density at radius 1 is 1.19 bits per heavy atom. The number of benzene rings is 1. The topological polar surface area (TPSA) is 85.3 Å². The summed E-state index contributed by atoms with van der Waals surface area (Å²) in [5, 5.41) is 0. The molecular formula is C28H33N5O3. The van der Waals surface area contributed by atoms with Crippen molar-refractivity contribution in [3.05, 3.63) is 71.7 Å². The van der Waals surface area contributed by atoms with Gasteiger partial charge in [0.1, 0.15) is 17.3 Å². The quantitative estimate of drug-likeness (QED) is 0.268. The third-order valence-electron chi connectivity index (χ3n) is 6.61. The van der Waals surface area contributed by atoms with Gasteiger partial charge in [-0.1, -0.05) is 24.5 Å². The Labute approximate surface area is 212 Å². The van der Waals surface area contributed by atoms with Gasteiger partial charge in [-0.25, -0.2) is 4.99 Å². The first kappa shape index (κ1) is 25.1. The third kappa shape index (κ3) is 5.47. The SMILES string of the molecule is C=CN=C(N)c1c(C#Cc2cc(OC)cc(OC)c2)cn(C2CN(C(=O)/C=C/CN3CCC3)C2)c1C. The van der Waals surface area contributed by atoms with Gasteiger partial charge in [-0.05, 0) is 38.6 Å². The summed E-state index contributed by atoms with van der Waals surface area (Å²) < 4.78 is 12.8. The lowest BCUT2D eigenvalue weighted by Gasteiger charge is -2.40. The molecule has 2 aromatic rings. The van der Waals surface area contributed by atoms with E-state index in [0.29, 0.717) is 30.4 Å². The van der Waals surface area contributed by atoms with Crippen molar-refractivity contribution in [3.8, 4) is 23.3 Å². The van der Waals surface area contributed by atoms with Crippen LogP contribution >= 0.6 is 0 Å². The van der Waals surface area contributed by atoms with Gasteiger partial charge in [-0.3, -0.25) is 9.69 Å². The molecule has 8 nitrogen and oxygen atoms in total. The lowest BCUT2D eigenvalue weighted by molar-refractivity contribution is -0.131. The van der Waals surface area contributed by atoms with Crippen LogP contribution in [0.1, 0.15) is 34.8 Å². The first-order valence-electron chi connectivity index (χ1n) is 12.0. The van der Waals surface area contributed by atoms with E-state index in [1.54, 1.807) is 26.4 Å². The smallest absolute Gasteiger partial charge is 0.246 e. The molecule has 8 heteroatoms. The molecule has 36 heavy (non-hydrogen) atoms. The number of hydrogen-bond donors (Lipinski definition) is 1. The van der Waals surface area contributed by atoms with Crippen molar-refractivity contribution < 1.29 is 14.3 Å². The fraction of sp³-hybridized carbons (Fsp3) is 0.357. The van der Waals surface area contributed by atoms with Crippen molar-refractivity contribution in [2.45, 2.75) is 19.4 Å². The molecule has 1 aromatic carbocycles. The van der Waals surface area contributed by atoms with Crippen LogP contribution in [0.15, 0.2) is 54.3 Å². The number of carbonyl (C=O) groups is 1. The lowest BCUT2D eigenvalue weighted by atomic mass is 10.1. The van der Waals surface area contributed by atoms with Gasteiger partial charge in [-0.2, -0.15) is 0 Å². The molecule has 0 aliphatic carbocycles. The summed E-state index contributed by atoms with van der Waals surface area (Å²) in [6.45, 7) is 10.0. The Balaban J connectivity index is 1.54. The number of nitrogens with two attached hydrogens (primary N) is 1. The molecule has 1 amide bonds. The molecule has 0 spiro atoms. The summed E-state index contributed by atoms with van der Waals surface area (Å²) in [6.07, 6.45) is 8.31. The predicted molar refractivity (Wildman–Crippen MR) is 141 cm³/mol. The minimum absolute atomic E-state index is 0.0523. The zero-order chi connectivity index (χ0) is 25.7. The van der Waals surface area contributed by atoms with Crippen LogP contribution in [-0.4, -0.2) is 73.1 Å². The van der Waals surface area contributed by atoms with Gasteiger partial charge < -0.3 is 24.7 Å². The molecule has 4 rings (SSSR count). The lowest BCUT2D eigenvalue weighted by Crippen LogP contribution is -2.50. The van der Waals surface area contributed by atoms with E-state index >= 15 is 0 Å². The van der Waals surface area contributed by atoms with E-state index in [2.05, 4.69) is 32.9 Å². The number of carbonyl (C=O) groups excluding carboxylic acids is 1. The van der Waals surface area contributed by atoms with E-state index in [4.69, 9.17) is 15.2 Å². The highest BCUT2D eigenvalue weighted by atomic mass is 16.5. The number of aliphatic imine (C=N–C) groups is 1. The minimum atomic E-state index is 0.0523. The second kappa shape index (κ2) is 11.2. The molecular weight excluding hydrogens is 454 g/mol. The average molecular weight is 488 g/mol. The number of amidine groups is 1. The molecule has 0 unspecified atom stereocenters. The first-order valence-corrected chi connectivity index (χ1v) is 12.0. The summed E-state index contributed by atoms with van der Waals surface area (Å²) in [6, 6.07) is 5.66. The van der Waals surface area contributed by atoms with Crippen LogP contribution < -0.4 is 15.2 Å². The molecule has 3 heterocycles. The Morgan fingerprint density at radius 2 is 1.89 bits per heavy atom. The summed E-state index contributed by atoms with van der Waals surface area (Å²) in [7, 11) is 3.21. The number of aromatic nitrogens is 1. The van der Waals surface area contributed by atoms with Crippen molar-refractivity contribution in [2.24, 2.45) is 10.7 Å². The monoisotopic (exact) mass is 487 g/mol. The number of likely N-dealkylation sites (tertiary alicyclic amines) is 2. The fourth-order valence-corrected chi connectivity index (χ4v) is 4.39. The summed E-state index contributed by atoms with van der Waals surface area (Å²) in [5.74, 6) is 8.18. The van der Waals surface area contributed by atoms with Crippen molar-refractivity contribution >= 4 is 11.7 Å². The molecule has 2 fully saturated rings. The second-order valence-electron chi connectivity index (χ2n) is 8.91. The van der Waals surface area contributed by atoms with E-state index in [1.807, 2.05) is 36.2 Å². The number of amides is 1. The molecule has 2 saturated heterocycles. The zero-order valence-corrected chi connectivity index (χ0v) is 21.2.